The molecule has 35 heavy (non-hydrogen) atoms. The van der Waals surface area contributed by atoms with Crippen LogP contribution in [0.1, 0.15) is 45.1 Å². The monoisotopic (exact) mass is 504 g/mol. The third-order valence-corrected chi connectivity index (χ3v) is 5.06. The van der Waals surface area contributed by atoms with Crippen LogP contribution in [0.5, 0.6) is 0 Å². The van der Waals surface area contributed by atoms with Crippen molar-refractivity contribution in [3.05, 3.63) is 57.1 Å². The first kappa shape index (κ1) is 27.4. The summed E-state index contributed by atoms with van der Waals surface area (Å²) in [7, 11) is 0. The van der Waals surface area contributed by atoms with Crippen molar-refractivity contribution in [3.8, 4) is 0 Å². The van der Waals surface area contributed by atoms with Gasteiger partial charge < -0.3 is 14.8 Å². The first-order valence-electron chi connectivity index (χ1n) is 10.6. The Bertz CT molecular complexity index is 1120. The minimum Gasteiger partial charge on any atom is -0.466 e. The predicted molar refractivity (Wildman–Crippen MR) is 128 cm³/mol. The van der Waals surface area contributed by atoms with E-state index in [-0.39, 0.29) is 41.4 Å². The zero-order valence-corrected chi connectivity index (χ0v) is 20.2. The molecule has 0 heterocycles. The zero-order valence-electron chi connectivity index (χ0n) is 19.4. The number of azo groups is 1. The Morgan fingerprint density at radius 1 is 0.971 bits per heavy atom. The van der Waals surface area contributed by atoms with Crippen molar-refractivity contribution in [1.82, 2.24) is 0 Å². The van der Waals surface area contributed by atoms with Gasteiger partial charge >= 0.3 is 11.9 Å². The Labute approximate surface area is 206 Å². The molecule has 2 rings (SSSR count). The van der Waals surface area contributed by atoms with Crippen LogP contribution in [0, 0.1) is 10.1 Å². The minimum absolute atomic E-state index is 0.0525. The molecule has 0 aromatic heterocycles. The van der Waals surface area contributed by atoms with E-state index in [9.17, 15) is 24.5 Å². The van der Waals surface area contributed by atoms with Gasteiger partial charge in [-0.05, 0) is 42.5 Å². The molecule has 0 bridgehead atoms. The van der Waals surface area contributed by atoms with Crippen molar-refractivity contribution in [3.63, 3.8) is 0 Å². The van der Waals surface area contributed by atoms with Crippen LogP contribution in [0.3, 0.4) is 0 Å². The summed E-state index contributed by atoms with van der Waals surface area (Å²) in [5.74, 6) is -1.27. The zero-order chi connectivity index (χ0) is 26.0. The van der Waals surface area contributed by atoms with Crippen LogP contribution >= 0.6 is 11.6 Å². The van der Waals surface area contributed by atoms with E-state index >= 15 is 0 Å². The van der Waals surface area contributed by atoms with E-state index in [1.807, 2.05) is 0 Å². The number of benzene rings is 2. The van der Waals surface area contributed by atoms with Crippen LogP contribution in [-0.4, -0.2) is 36.0 Å². The van der Waals surface area contributed by atoms with Crippen molar-refractivity contribution in [2.45, 2.75) is 39.5 Å². The maximum absolute atomic E-state index is 11.8. The summed E-state index contributed by atoms with van der Waals surface area (Å²) in [6, 6.07) is 8.95. The molecule has 0 fully saturated rings. The quantitative estimate of drug-likeness (QED) is 0.181. The average molecular weight is 505 g/mol. The number of halogens is 1. The van der Waals surface area contributed by atoms with Gasteiger partial charge in [-0.2, -0.15) is 0 Å². The van der Waals surface area contributed by atoms with Gasteiger partial charge in [0.25, 0.3) is 5.69 Å². The largest absolute Gasteiger partial charge is 0.466 e. The molecule has 1 amide bonds. The van der Waals surface area contributed by atoms with E-state index < -0.39 is 16.9 Å². The summed E-state index contributed by atoms with van der Waals surface area (Å²) >= 11 is 6.07. The van der Waals surface area contributed by atoms with E-state index in [0.29, 0.717) is 24.2 Å². The second-order valence-corrected chi connectivity index (χ2v) is 7.91. The smallest absolute Gasteiger partial charge is 0.302 e. The van der Waals surface area contributed by atoms with Crippen LogP contribution in [0.4, 0.5) is 22.7 Å². The fourth-order valence-electron chi connectivity index (χ4n) is 3.15. The van der Waals surface area contributed by atoms with Crippen LogP contribution in [0.15, 0.2) is 46.6 Å². The predicted octanol–water partition coefficient (Wildman–Crippen LogP) is 5.61. The molecule has 0 atom stereocenters. The number of carbonyl (C=O) groups excluding carboxylic acids is 3. The van der Waals surface area contributed by atoms with Gasteiger partial charge in [-0.25, -0.2) is 0 Å². The Morgan fingerprint density at radius 2 is 1.54 bits per heavy atom. The topological polar surface area (TPSA) is 150 Å². The summed E-state index contributed by atoms with van der Waals surface area (Å²) in [5.41, 5.74) is 1.56. The molecule has 0 saturated carbocycles. The number of esters is 2. The maximum atomic E-state index is 11.8. The number of nitrogens with one attached hydrogen (secondary N) is 1. The van der Waals surface area contributed by atoms with Gasteiger partial charge in [0.15, 0.2) is 0 Å². The second-order valence-electron chi connectivity index (χ2n) is 7.50. The number of rotatable bonds is 11. The first-order valence-corrected chi connectivity index (χ1v) is 11.0. The molecule has 0 aliphatic carbocycles. The number of anilines is 1. The van der Waals surface area contributed by atoms with Crippen molar-refractivity contribution in [2.24, 2.45) is 10.2 Å². The lowest BCUT2D eigenvalue weighted by atomic mass is 9.92. The van der Waals surface area contributed by atoms with Gasteiger partial charge in [0.05, 0.1) is 28.8 Å². The summed E-state index contributed by atoms with van der Waals surface area (Å²) in [6.45, 7) is 4.34. The highest BCUT2D eigenvalue weighted by molar-refractivity contribution is 6.33. The van der Waals surface area contributed by atoms with E-state index in [1.54, 1.807) is 18.2 Å². The van der Waals surface area contributed by atoms with Crippen molar-refractivity contribution in [1.29, 1.82) is 0 Å². The molecule has 0 aliphatic rings. The number of hydrogen-bond acceptors (Lipinski definition) is 9. The molecule has 2 aromatic rings. The molecule has 12 heteroatoms. The lowest BCUT2D eigenvalue weighted by Gasteiger charge is -2.19. The Morgan fingerprint density at radius 3 is 2.06 bits per heavy atom. The SMILES string of the molecule is CC(=O)Nc1cc(C(CCOC(C)=O)CCOC(C)=O)ccc1N=Nc1ccc([N+](=O)[O-])cc1Cl. The molecule has 186 valence electrons. The highest BCUT2D eigenvalue weighted by Crippen LogP contribution is 2.35. The number of amides is 1. The highest BCUT2D eigenvalue weighted by atomic mass is 35.5. The van der Waals surface area contributed by atoms with Gasteiger partial charge in [-0.3, -0.25) is 24.5 Å². The molecule has 1 N–H and O–H groups in total. The summed E-state index contributed by atoms with van der Waals surface area (Å²) < 4.78 is 10.1. The van der Waals surface area contributed by atoms with Crippen molar-refractivity contribution < 1.29 is 28.8 Å². The second kappa shape index (κ2) is 13.1. The molecule has 2 aromatic carbocycles. The van der Waals surface area contributed by atoms with Crippen LogP contribution in [0.2, 0.25) is 5.02 Å². The standard InChI is InChI=1S/C23H25ClN4O7/c1-14(29)25-23-12-18(17(8-10-34-15(2)30)9-11-35-16(3)31)4-6-22(23)27-26-21-7-5-19(28(32)33)13-20(21)24/h4-7,12-13,17H,8-11H2,1-3H3,(H,25,29). The van der Waals surface area contributed by atoms with E-state index in [4.69, 9.17) is 21.1 Å². The fraction of sp³-hybridized carbons (Fsp3) is 0.348. The fourth-order valence-corrected chi connectivity index (χ4v) is 3.36. The number of nitro benzene ring substituents is 1. The molecule has 0 saturated heterocycles. The van der Waals surface area contributed by atoms with Gasteiger partial charge in [-0.15, -0.1) is 10.2 Å². The number of non-ortho nitro benzene ring substituents is 1. The van der Waals surface area contributed by atoms with Crippen LogP contribution in [0.25, 0.3) is 0 Å². The summed E-state index contributed by atoms with van der Waals surface area (Å²) in [4.78, 5) is 44.4. The van der Waals surface area contributed by atoms with Crippen molar-refractivity contribution >= 4 is 52.2 Å². The van der Waals surface area contributed by atoms with E-state index in [1.165, 1.54) is 39.0 Å². The third-order valence-electron chi connectivity index (χ3n) is 4.75. The Balaban J connectivity index is 2.33. The van der Waals surface area contributed by atoms with Crippen LogP contribution < -0.4 is 5.32 Å². The Hall–Kier alpha value is -3.86. The molecular weight excluding hydrogens is 480 g/mol. The van der Waals surface area contributed by atoms with Gasteiger partial charge in [0, 0.05) is 32.9 Å². The molecular formula is C23H25ClN4O7. The molecule has 0 unspecified atom stereocenters. The molecule has 11 nitrogen and oxygen atoms in total. The minimum atomic E-state index is -0.570. The van der Waals surface area contributed by atoms with Gasteiger partial charge in [0.2, 0.25) is 5.91 Å². The molecule has 0 radical (unpaired) electrons. The normalized spacial score (nSPS) is 10.9. The number of nitrogens with zero attached hydrogens (tertiary/aromatic N) is 3. The number of ether oxygens (including phenoxy) is 2. The number of hydrogen-bond donors (Lipinski definition) is 1. The number of carbonyl (C=O) groups is 3. The maximum Gasteiger partial charge on any atom is 0.302 e. The highest BCUT2D eigenvalue weighted by Gasteiger charge is 2.16. The van der Waals surface area contributed by atoms with E-state index in [0.717, 1.165) is 5.56 Å². The number of nitro groups is 1. The third kappa shape index (κ3) is 9.13. The van der Waals surface area contributed by atoms with Gasteiger partial charge in [-0.1, -0.05) is 17.7 Å². The Kier molecular flexibility index (Phi) is 10.3. The van der Waals surface area contributed by atoms with Gasteiger partial charge in [0.1, 0.15) is 11.4 Å². The summed E-state index contributed by atoms with van der Waals surface area (Å²) in [6.07, 6.45) is 0.944. The van der Waals surface area contributed by atoms with Crippen LogP contribution in [-0.2, 0) is 23.9 Å². The first-order chi connectivity index (χ1) is 16.6. The molecule has 0 spiro atoms. The van der Waals surface area contributed by atoms with E-state index in [2.05, 4.69) is 15.5 Å². The van der Waals surface area contributed by atoms with Crippen molar-refractivity contribution in [2.75, 3.05) is 18.5 Å². The lowest BCUT2D eigenvalue weighted by molar-refractivity contribution is -0.384. The average Bonchev–Trinajstić information content (AvgIpc) is 2.77. The lowest BCUT2D eigenvalue weighted by Crippen LogP contribution is -2.12. The molecule has 0 aliphatic heterocycles. The summed E-state index contributed by atoms with van der Waals surface area (Å²) in [5, 5.41) is 21.9.